The topological polar surface area (TPSA) is 26.3 Å². The van der Waals surface area contributed by atoms with Gasteiger partial charge >= 0.3 is 0 Å². The van der Waals surface area contributed by atoms with Crippen LogP contribution in [0.25, 0.3) is 0 Å². The fourth-order valence-electron chi connectivity index (χ4n) is 1.25. The first kappa shape index (κ1) is 12.4. The van der Waals surface area contributed by atoms with Crippen LogP contribution in [0.2, 0.25) is 0 Å². The molecule has 0 aliphatic rings. The Morgan fingerprint density at radius 3 is 2.87 bits per heavy atom. The Kier molecular flexibility index (Phi) is 4.99. The van der Waals surface area contributed by atoms with E-state index in [-0.39, 0.29) is 12.4 Å². The number of halogens is 1. The molecule has 0 aliphatic carbocycles. The van der Waals surface area contributed by atoms with Crippen LogP contribution in [0.15, 0.2) is 22.7 Å². The van der Waals surface area contributed by atoms with E-state index in [1.54, 1.807) is 0 Å². The van der Waals surface area contributed by atoms with Crippen molar-refractivity contribution in [2.24, 2.45) is 0 Å². The van der Waals surface area contributed by atoms with Gasteiger partial charge in [-0.2, -0.15) is 0 Å². The van der Waals surface area contributed by atoms with Crippen LogP contribution >= 0.6 is 15.9 Å². The highest BCUT2D eigenvalue weighted by Gasteiger charge is 2.10. The van der Waals surface area contributed by atoms with Gasteiger partial charge in [-0.15, -0.1) is 0 Å². The second-order valence-electron chi connectivity index (χ2n) is 3.41. The Labute approximate surface area is 98.8 Å². The van der Waals surface area contributed by atoms with Crippen LogP contribution in [-0.2, 0) is 4.74 Å². The molecule has 0 amide bonds. The van der Waals surface area contributed by atoms with Gasteiger partial charge in [0.25, 0.3) is 0 Å². The maximum atomic E-state index is 11.7. The van der Waals surface area contributed by atoms with E-state index in [9.17, 15) is 4.79 Å². The van der Waals surface area contributed by atoms with Gasteiger partial charge in [0.1, 0.15) is 6.61 Å². The second-order valence-corrected chi connectivity index (χ2v) is 4.21. The molecule has 0 saturated heterocycles. The lowest BCUT2D eigenvalue weighted by molar-refractivity contribution is 0.0760. The van der Waals surface area contributed by atoms with E-state index in [0.29, 0.717) is 12.2 Å². The van der Waals surface area contributed by atoms with E-state index in [1.807, 2.05) is 32.0 Å². The highest BCUT2D eigenvalue weighted by Crippen LogP contribution is 2.21. The number of carbonyl (C=O) groups is 1. The molecule has 0 spiro atoms. The van der Waals surface area contributed by atoms with E-state index in [2.05, 4.69) is 15.9 Å². The lowest BCUT2D eigenvalue weighted by Crippen LogP contribution is -2.10. The average molecular weight is 271 g/mol. The van der Waals surface area contributed by atoms with Gasteiger partial charge in [0.05, 0.1) is 0 Å². The number of hydrogen-bond acceptors (Lipinski definition) is 2. The summed E-state index contributed by atoms with van der Waals surface area (Å²) < 4.78 is 6.09. The normalized spacial score (nSPS) is 10.3. The van der Waals surface area contributed by atoms with Crippen LogP contribution in [-0.4, -0.2) is 19.0 Å². The Balaban J connectivity index is 2.69. The molecule has 2 nitrogen and oxygen atoms in total. The quantitative estimate of drug-likeness (QED) is 0.606. The lowest BCUT2D eigenvalue weighted by Gasteiger charge is -2.06. The standard InChI is InChI=1S/C12H15BrO2/c1-3-7-15-8-11(14)10-6-4-5-9(2)12(10)13/h4-6H,3,7-8H2,1-2H3. The van der Waals surface area contributed by atoms with Gasteiger partial charge in [-0.05, 0) is 34.8 Å². The van der Waals surface area contributed by atoms with Crippen molar-refractivity contribution in [3.8, 4) is 0 Å². The summed E-state index contributed by atoms with van der Waals surface area (Å²) in [6.07, 6.45) is 0.933. The van der Waals surface area contributed by atoms with Gasteiger partial charge in [-0.3, -0.25) is 4.79 Å². The van der Waals surface area contributed by atoms with Crippen LogP contribution in [0.4, 0.5) is 0 Å². The van der Waals surface area contributed by atoms with Crippen molar-refractivity contribution >= 4 is 21.7 Å². The zero-order chi connectivity index (χ0) is 11.3. The first-order valence-corrected chi connectivity index (χ1v) is 5.82. The smallest absolute Gasteiger partial charge is 0.189 e. The third-order valence-electron chi connectivity index (χ3n) is 2.07. The van der Waals surface area contributed by atoms with Crippen LogP contribution in [0.5, 0.6) is 0 Å². The molecule has 0 aromatic heterocycles. The molecule has 0 atom stereocenters. The molecule has 3 heteroatoms. The first-order valence-electron chi connectivity index (χ1n) is 5.03. The number of ketones is 1. The molecular formula is C12H15BrO2. The Bertz CT molecular complexity index is 347. The predicted molar refractivity (Wildman–Crippen MR) is 64.3 cm³/mol. The largest absolute Gasteiger partial charge is 0.373 e. The van der Waals surface area contributed by atoms with Gasteiger partial charge in [0, 0.05) is 16.6 Å². The highest BCUT2D eigenvalue weighted by atomic mass is 79.9. The summed E-state index contributed by atoms with van der Waals surface area (Å²) in [4.78, 5) is 11.7. The van der Waals surface area contributed by atoms with Crippen molar-refractivity contribution < 1.29 is 9.53 Å². The zero-order valence-electron chi connectivity index (χ0n) is 9.05. The summed E-state index contributed by atoms with van der Waals surface area (Å²) in [5, 5.41) is 0. The highest BCUT2D eigenvalue weighted by molar-refractivity contribution is 9.10. The molecule has 82 valence electrons. The molecule has 0 aliphatic heterocycles. The lowest BCUT2D eigenvalue weighted by atomic mass is 10.1. The number of aryl methyl sites for hydroxylation is 1. The van der Waals surface area contributed by atoms with Gasteiger partial charge in [-0.1, -0.05) is 25.1 Å². The third-order valence-corrected chi connectivity index (χ3v) is 3.13. The minimum absolute atomic E-state index is 0.0269. The number of benzene rings is 1. The molecule has 1 aromatic carbocycles. The maximum absolute atomic E-state index is 11.7. The van der Waals surface area contributed by atoms with Crippen LogP contribution in [0.1, 0.15) is 29.3 Å². The Hall–Kier alpha value is -0.670. The van der Waals surface area contributed by atoms with Crippen LogP contribution < -0.4 is 0 Å². The summed E-state index contributed by atoms with van der Waals surface area (Å²) in [6, 6.07) is 5.66. The van der Waals surface area contributed by atoms with E-state index < -0.39 is 0 Å². The van der Waals surface area contributed by atoms with Crippen LogP contribution in [0, 0.1) is 6.92 Å². The summed E-state index contributed by atoms with van der Waals surface area (Å²) in [7, 11) is 0. The SMILES string of the molecule is CCCOCC(=O)c1cccc(C)c1Br. The van der Waals surface area contributed by atoms with Crippen molar-refractivity contribution in [2.45, 2.75) is 20.3 Å². The minimum Gasteiger partial charge on any atom is -0.373 e. The van der Waals surface area contributed by atoms with Crippen LogP contribution in [0.3, 0.4) is 0 Å². The van der Waals surface area contributed by atoms with Gasteiger partial charge in [0.15, 0.2) is 5.78 Å². The average Bonchev–Trinajstić information content (AvgIpc) is 2.22. The molecular weight excluding hydrogens is 256 g/mol. The first-order chi connectivity index (χ1) is 7.16. The molecule has 0 radical (unpaired) electrons. The molecule has 0 saturated carbocycles. The number of ether oxygens (including phenoxy) is 1. The summed E-state index contributed by atoms with van der Waals surface area (Å²) in [5.74, 6) is 0.0269. The van der Waals surface area contributed by atoms with Gasteiger partial charge in [0.2, 0.25) is 0 Å². The molecule has 0 N–H and O–H groups in total. The fourth-order valence-corrected chi connectivity index (χ4v) is 1.74. The number of carbonyl (C=O) groups excluding carboxylic acids is 1. The Morgan fingerprint density at radius 1 is 1.47 bits per heavy atom. The number of rotatable bonds is 5. The molecule has 1 aromatic rings. The Morgan fingerprint density at radius 2 is 2.20 bits per heavy atom. The predicted octanol–water partition coefficient (Wildman–Crippen LogP) is 3.37. The minimum atomic E-state index is 0.0269. The van der Waals surface area contributed by atoms with Crippen molar-refractivity contribution in [2.75, 3.05) is 13.2 Å². The molecule has 0 heterocycles. The van der Waals surface area contributed by atoms with Crippen molar-refractivity contribution in [1.29, 1.82) is 0 Å². The maximum Gasteiger partial charge on any atom is 0.189 e. The van der Waals surface area contributed by atoms with E-state index in [1.165, 1.54) is 0 Å². The number of Topliss-reactive ketones (excluding diaryl/α,β-unsaturated/α-hetero) is 1. The van der Waals surface area contributed by atoms with E-state index >= 15 is 0 Å². The summed E-state index contributed by atoms with van der Waals surface area (Å²) in [5.41, 5.74) is 1.77. The van der Waals surface area contributed by atoms with E-state index in [0.717, 1.165) is 16.5 Å². The molecule has 0 bridgehead atoms. The monoisotopic (exact) mass is 270 g/mol. The van der Waals surface area contributed by atoms with E-state index in [4.69, 9.17) is 4.74 Å². The molecule has 0 fully saturated rings. The second kappa shape index (κ2) is 6.03. The third kappa shape index (κ3) is 3.43. The molecule has 1 rings (SSSR count). The number of hydrogen-bond donors (Lipinski definition) is 0. The zero-order valence-corrected chi connectivity index (χ0v) is 10.6. The van der Waals surface area contributed by atoms with Crippen molar-refractivity contribution in [3.63, 3.8) is 0 Å². The summed E-state index contributed by atoms with van der Waals surface area (Å²) in [6.45, 7) is 4.78. The molecule has 0 unspecified atom stereocenters. The van der Waals surface area contributed by atoms with Crippen molar-refractivity contribution in [1.82, 2.24) is 0 Å². The summed E-state index contributed by atoms with van der Waals surface area (Å²) >= 11 is 3.41. The van der Waals surface area contributed by atoms with Crippen molar-refractivity contribution in [3.05, 3.63) is 33.8 Å². The fraction of sp³-hybridized carbons (Fsp3) is 0.417. The van der Waals surface area contributed by atoms with Gasteiger partial charge < -0.3 is 4.74 Å². The van der Waals surface area contributed by atoms with Gasteiger partial charge in [-0.25, -0.2) is 0 Å². The molecule has 15 heavy (non-hydrogen) atoms.